The van der Waals surface area contributed by atoms with E-state index in [0.717, 1.165) is 25.4 Å². The van der Waals surface area contributed by atoms with Gasteiger partial charge in [0, 0.05) is 24.3 Å². The molecule has 3 heteroatoms. The van der Waals surface area contributed by atoms with Gasteiger partial charge in [0.05, 0.1) is 6.20 Å². The van der Waals surface area contributed by atoms with Gasteiger partial charge in [-0.25, -0.2) is 0 Å². The largest absolute Gasteiger partial charge is 0.310 e. The number of aromatic nitrogens is 2. The van der Waals surface area contributed by atoms with Crippen LogP contribution in [0, 0.1) is 11.8 Å². The maximum Gasteiger partial charge on any atom is 0.0537 e. The van der Waals surface area contributed by atoms with Gasteiger partial charge >= 0.3 is 0 Å². The molecule has 0 amide bonds. The molecule has 1 rings (SSSR count). The first kappa shape index (κ1) is 15.2. The molecule has 2 atom stereocenters. The molecule has 0 saturated heterocycles. The summed E-state index contributed by atoms with van der Waals surface area (Å²) in [5.41, 5.74) is 1.32. The predicted molar refractivity (Wildman–Crippen MR) is 77.6 cm³/mol. The number of hydrogen-bond donors (Lipinski definition) is 1. The molecule has 3 nitrogen and oxygen atoms in total. The molecule has 0 aliphatic rings. The summed E-state index contributed by atoms with van der Waals surface area (Å²) in [7, 11) is 0. The highest BCUT2D eigenvalue weighted by Crippen LogP contribution is 2.17. The summed E-state index contributed by atoms with van der Waals surface area (Å²) in [5, 5.41) is 7.99. The summed E-state index contributed by atoms with van der Waals surface area (Å²) in [4.78, 5) is 0. The van der Waals surface area contributed by atoms with Crippen LogP contribution >= 0.6 is 0 Å². The minimum atomic E-state index is 0.448. The second-order valence-electron chi connectivity index (χ2n) is 5.75. The summed E-state index contributed by atoms with van der Waals surface area (Å²) in [6.45, 7) is 13.3. The first-order valence-corrected chi connectivity index (χ1v) is 7.32. The fraction of sp³-hybridized carbons (Fsp3) is 0.800. The van der Waals surface area contributed by atoms with Crippen LogP contribution in [0.5, 0.6) is 0 Å². The first-order valence-electron chi connectivity index (χ1n) is 7.32. The van der Waals surface area contributed by atoms with E-state index in [1.807, 2.05) is 6.20 Å². The average Bonchev–Trinajstić information content (AvgIpc) is 2.72. The molecule has 0 aliphatic carbocycles. The van der Waals surface area contributed by atoms with E-state index in [9.17, 15) is 0 Å². The van der Waals surface area contributed by atoms with E-state index >= 15 is 0 Å². The fourth-order valence-corrected chi connectivity index (χ4v) is 2.60. The Hall–Kier alpha value is -0.830. The topological polar surface area (TPSA) is 29.9 Å². The van der Waals surface area contributed by atoms with Crippen molar-refractivity contribution in [1.29, 1.82) is 0 Å². The van der Waals surface area contributed by atoms with Crippen LogP contribution < -0.4 is 5.32 Å². The molecular weight excluding hydrogens is 222 g/mol. The SMILES string of the molecule is CCNC(CC)c1cnn(CC(C)CC(C)C)c1. The normalized spacial score (nSPS) is 15.0. The third kappa shape index (κ3) is 4.81. The van der Waals surface area contributed by atoms with Gasteiger partial charge in [0.15, 0.2) is 0 Å². The predicted octanol–water partition coefficient (Wildman–Crippen LogP) is 3.63. The third-order valence-electron chi connectivity index (χ3n) is 3.29. The van der Waals surface area contributed by atoms with Gasteiger partial charge in [0.2, 0.25) is 0 Å². The molecule has 18 heavy (non-hydrogen) atoms. The Morgan fingerprint density at radius 3 is 2.56 bits per heavy atom. The lowest BCUT2D eigenvalue weighted by Crippen LogP contribution is -2.19. The summed E-state index contributed by atoms with van der Waals surface area (Å²) < 4.78 is 2.10. The number of nitrogens with zero attached hydrogens (tertiary/aromatic N) is 2. The molecule has 0 fully saturated rings. The average molecular weight is 251 g/mol. The molecule has 0 bridgehead atoms. The van der Waals surface area contributed by atoms with Crippen LogP contribution in [0.2, 0.25) is 0 Å². The van der Waals surface area contributed by atoms with Crippen molar-refractivity contribution < 1.29 is 0 Å². The van der Waals surface area contributed by atoms with Crippen molar-refractivity contribution in [3.05, 3.63) is 18.0 Å². The number of hydrogen-bond acceptors (Lipinski definition) is 2. The van der Waals surface area contributed by atoms with Gasteiger partial charge in [-0.1, -0.05) is 34.6 Å². The van der Waals surface area contributed by atoms with Crippen molar-refractivity contribution >= 4 is 0 Å². The highest BCUT2D eigenvalue weighted by molar-refractivity contribution is 5.10. The molecule has 0 aliphatic heterocycles. The Balaban J connectivity index is 2.56. The van der Waals surface area contributed by atoms with Crippen LogP contribution in [0.4, 0.5) is 0 Å². The zero-order valence-electron chi connectivity index (χ0n) is 12.6. The monoisotopic (exact) mass is 251 g/mol. The van der Waals surface area contributed by atoms with Crippen LogP contribution in [0.3, 0.4) is 0 Å². The van der Waals surface area contributed by atoms with E-state index in [-0.39, 0.29) is 0 Å². The molecule has 1 heterocycles. The lowest BCUT2D eigenvalue weighted by atomic mass is 9.99. The quantitative estimate of drug-likeness (QED) is 0.764. The number of nitrogens with one attached hydrogen (secondary N) is 1. The molecule has 0 aromatic carbocycles. The fourth-order valence-electron chi connectivity index (χ4n) is 2.60. The Labute approximate surface area is 112 Å². The zero-order valence-corrected chi connectivity index (χ0v) is 12.6. The van der Waals surface area contributed by atoms with Gasteiger partial charge < -0.3 is 5.32 Å². The van der Waals surface area contributed by atoms with E-state index in [0.29, 0.717) is 12.0 Å². The summed E-state index contributed by atoms with van der Waals surface area (Å²) in [5.74, 6) is 1.46. The van der Waals surface area contributed by atoms with Gasteiger partial charge in [0.25, 0.3) is 0 Å². The molecule has 1 N–H and O–H groups in total. The van der Waals surface area contributed by atoms with Crippen molar-refractivity contribution in [1.82, 2.24) is 15.1 Å². The molecule has 1 aromatic rings. The van der Waals surface area contributed by atoms with E-state index < -0.39 is 0 Å². The van der Waals surface area contributed by atoms with E-state index in [1.165, 1.54) is 12.0 Å². The van der Waals surface area contributed by atoms with Crippen molar-refractivity contribution in [3.63, 3.8) is 0 Å². The maximum atomic E-state index is 4.49. The summed E-state index contributed by atoms with van der Waals surface area (Å²) >= 11 is 0. The molecule has 0 spiro atoms. The van der Waals surface area contributed by atoms with Crippen molar-refractivity contribution in [3.8, 4) is 0 Å². The third-order valence-corrected chi connectivity index (χ3v) is 3.29. The van der Waals surface area contributed by atoms with Crippen LogP contribution in [0.15, 0.2) is 12.4 Å². The van der Waals surface area contributed by atoms with Crippen molar-refractivity contribution in [2.75, 3.05) is 6.54 Å². The standard InChI is InChI=1S/C15H29N3/c1-6-15(16-7-2)14-9-17-18(11-14)10-13(5)8-12(3)4/h9,11-13,15-16H,6-8,10H2,1-5H3. The smallest absolute Gasteiger partial charge is 0.0537 e. The van der Waals surface area contributed by atoms with Crippen LogP contribution in [-0.4, -0.2) is 16.3 Å². The van der Waals surface area contributed by atoms with Gasteiger partial charge in [-0.05, 0) is 31.2 Å². The minimum Gasteiger partial charge on any atom is -0.310 e. The summed E-state index contributed by atoms with van der Waals surface area (Å²) in [6, 6.07) is 0.448. The van der Waals surface area contributed by atoms with Gasteiger partial charge in [-0.2, -0.15) is 5.10 Å². The lowest BCUT2D eigenvalue weighted by Gasteiger charge is -2.15. The van der Waals surface area contributed by atoms with Crippen molar-refractivity contribution in [2.45, 2.75) is 60.0 Å². The lowest BCUT2D eigenvalue weighted by molar-refractivity contribution is 0.373. The Morgan fingerprint density at radius 2 is 2.00 bits per heavy atom. The van der Waals surface area contributed by atoms with E-state index in [4.69, 9.17) is 0 Å². The van der Waals surface area contributed by atoms with Gasteiger partial charge in [-0.15, -0.1) is 0 Å². The van der Waals surface area contributed by atoms with E-state index in [2.05, 4.69) is 55.9 Å². The number of rotatable bonds is 8. The van der Waals surface area contributed by atoms with Gasteiger partial charge in [0.1, 0.15) is 0 Å². The zero-order chi connectivity index (χ0) is 13.5. The Bertz CT molecular complexity index is 330. The summed E-state index contributed by atoms with van der Waals surface area (Å²) in [6.07, 6.45) is 6.59. The highest BCUT2D eigenvalue weighted by atomic mass is 15.3. The Kier molecular flexibility index (Phi) is 6.41. The van der Waals surface area contributed by atoms with Crippen molar-refractivity contribution in [2.24, 2.45) is 11.8 Å². The highest BCUT2D eigenvalue weighted by Gasteiger charge is 2.11. The van der Waals surface area contributed by atoms with Crippen LogP contribution in [0.25, 0.3) is 0 Å². The van der Waals surface area contributed by atoms with E-state index in [1.54, 1.807) is 0 Å². The molecule has 0 radical (unpaired) electrons. The molecule has 0 saturated carbocycles. The van der Waals surface area contributed by atoms with Gasteiger partial charge in [-0.3, -0.25) is 4.68 Å². The molecule has 2 unspecified atom stereocenters. The first-order chi connectivity index (χ1) is 8.56. The Morgan fingerprint density at radius 1 is 1.28 bits per heavy atom. The van der Waals surface area contributed by atoms with Crippen LogP contribution in [-0.2, 0) is 6.54 Å². The molecular formula is C15H29N3. The second kappa shape index (κ2) is 7.57. The maximum absolute atomic E-state index is 4.49. The minimum absolute atomic E-state index is 0.448. The second-order valence-corrected chi connectivity index (χ2v) is 5.75. The van der Waals surface area contributed by atoms with Crippen LogP contribution in [0.1, 0.15) is 59.1 Å². The molecule has 104 valence electrons. The molecule has 1 aromatic heterocycles.